The molecule has 13 heavy (non-hydrogen) atoms. The van der Waals surface area contributed by atoms with Crippen molar-refractivity contribution in [1.29, 1.82) is 0 Å². The van der Waals surface area contributed by atoms with E-state index in [0.29, 0.717) is 5.56 Å². The molecule has 1 aliphatic rings. The average molecular weight is 193 g/mol. The maximum atomic E-state index is 11.5. The summed E-state index contributed by atoms with van der Waals surface area (Å²) >= 11 is 1.13. The molecule has 0 saturated heterocycles. The highest BCUT2D eigenvalue weighted by atomic mass is 32.2. The SMILES string of the molecule is O=C(SC1C=NO1)c1ccccc1. The molecule has 0 radical (unpaired) electrons. The van der Waals surface area contributed by atoms with Crippen LogP contribution in [-0.4, -0.2) is 16.8 Å². The fourth-order valence-corrected chi connectivity index (χ4v) is 1.60. The van der Waals surface area contributed by atoms with Crippen molar-refractivity contribution in [2.24, 2.45) is 5.16 Å². The quantitative estimate of drug-likeness (QED) is 0.720. The van der Waals surface area contributed by atoms with Gasteiger partial charge in [-0.3, -0.25) is 4.79 Å². The first kappa shape index (κ1) is 8.31. The lowest BCUT2D eigenvalue weighted by Gasteiger charge is -2.14. The third-order valence-corrected chi connectivity index (χ3v) is 2.47. The van der Waals surface area contributed by atoms with Crippen LogP contribution >= 0.6 is 11.8 Å². The van der Waals surface area contributed by atoms with Gasteiger partial charge in [-0.2, -0.15) is 0 Å². The maximum Gasteiger partial charge on any atom is 0.223 e. The second-order valence-electron chi connectivity index (χ2n) is 2.50. The van der Waals surface area contributed by atoms with Crippen molar-refractivity contribution >= 4 is 23.1 Å². The van der Waals surface area contributed by atoms with Gasteiger partial charge in [0.1, 0.15) is 0 Å². The lowest BCUT2D eigenvalue weighted by Crippen LogP contribution is -2.18. The van der Waals surface area contributed by atoms with Crippen LogP contribution in [0.4, 0.5) is 0 Å². The molecular weight excluding hydrogens is 186 g/mol. The van der Waals surface area contributed by atoms with E-state index in [1.54, 1.807) is 18.3 Å². The average Bonchev–Trinajstić information content (AvgIpc) is 2.12. The summed E-state index contributed by atoms with van der Waals surface area (Å²) in [7, 11) is 0. The van der Waals surface area contributed by atoms with E-state index in [0.717, 1.165) is 11.8 Å². The zero-order valence-electron chi connectivity index (χ0n) is 6.71. The molecule has 2 rings (SSSR count). The van der Waals surface area contributed by atoms with Gasteiger partial charge in [0.2, 0.25) is 10.6 Å². The van der Waals surface area contributed by atoms with Gasteiger partial charge in [-0.1, -0.05) is 35.5 Å². The van der Waals surface area contributed by atoms with Gasteiger partial charge in [-0.05, 0) is 11.8 Å². The number of benzene rings is 1. The molecule has 3 nitrogen and oxygen atoms in total. The molecule has 0 amide bonds. The molecule has 1 aliphatic heterocycles. The smallest absolute Gasteiger partial charge is 0.223 e. The number of hydrogen-bond acceptors (Lipinski definition) is 4. The first-order valence-corrected chi connectivity index (χ1v) is 4.69. The van der Waals surface area contributed by atoms with E-state index in [1.165, 1.54) is 0 Å². The normalized spacial score (nSPS) is 18.9. The molecule has 0 saturated carbocycles. The van der Waals surface area contributed by atoms with Crippen molar-refractivity contribution in [2.45, 2.75) is 5.44 Å². The molecule has 0 spiro atoms. The summed E-state index contributed by atoms with van der Waals surface area (Å²) in [6.45, 7) is 0. The van der Waals surface area contributed by atoms with Crippen LogP contribution in [0.25, 0.3) is 0 Å². The highest BCUT2D eigenvalue weighted by molar-refractivity contribution is 8.15. The summed E-state index contributed by atoms with van der Waals surface area (Å²) in [6, 6.07) is 9.12. The van der Waals surface area contributed by atoms with Crippen molar-refractivity contribution in [1.82, 2.24) is 0 Å². The Morgan fingerprint density at radius 3 is 2.62 bits per heavy atom. The van der Waals surface area contributed by atoms with Gasteiger partial charge in [0.25, 0.3) is 0 Å². The predicted octanol–water partition coefficient (Wildman–Crippen LogP) is 1.90. The summed E-state index contributed by atoms with van der Waals surface area (Å²) in [5.41, 5.74) is 0.490. The molecular formula is C9H7NO2S. The molecule has 1 heterocycles. The molecule has 1 aromatic carbocycles. The Hall–Kier alpha value is -1.29. The van der Waals surface area contributed by atoms with Crippen molar-refractivity contribution in [3.05, 3.63) is 35.9 Å². The Morgan fingerprint density at radius 1 is 1.38 bits per heavy atom. The van der Waals surface area contributed by atoms with Crippen molar-refractivity contribution in [3.8, 4) is 0 Å². The minimum absolute atomic E-state index is 0.0109. The van der Waals surface area contributed by atoms with Gasteiger partial charge in [0.05, 0.1) is 6.21 Å². The van der Waals surface area contributed by atoms with Gasteiger partial charge in [-0.25, -0.2) is 0 Å². The summed E-state index contributed by atoms with van der Waals surface area (Å²) in [5.74, 6) is 0. The van der Waals surface area contributed by atoms with E-state index in [9.17, 15) is 4.79 Å². The lowest BCUT2D eigenvalue weighted by atomic mass is 10.2. The molecule has 1 atom stereocenters. The molecule has 1 unspecified atom stereocenters. The first-order valence-electron chi connectivity index (χ1n) is 3.81. The first-order chi connectivity index (χ1) is 6.36. The molecule has 0 aromatic heterocycles. The molecule has 0 N–H and O–H groups in total. The molecule has 1 aromatic rings. The Bertz CT molecular complexity index is 337. The van der Waals surface area contributed by atoms with Crippen molar-refractivity contribution in [3.63, 3.8) is 0 Å². The highest BCUT2D eigenvalue weighted by Crippen LogP contribution is 2.21. The van der Waals surface area contributed by atoms with Crippen LogP contribution in [0.2, 0.25) is 0 Å². The van der Waals surface area contributed by atoms with Crippen LogP contribution in [0.15, 0.2) is 35.5 Å². The second-order valence-corrected chi connectivity index (χ2v) is 3.57. The van der Waals surface area contributed by atoms with Gasteiger partial charge in [-0.15, -0.1) is 0 Å². The number of nitrogens with zero attached hydrogens (tertiary/aromatic N) is 1. The molecule has 66 valence electrons. The summed E-state index contributed by atoms with van der Waals surface area (Å²) in [4.78, 5) is 16.2. The van der Waals surface area contributed by atoms with Crippen LogP contribution in [0.5, 0.6) is 0 Å². The van der Waals surface area contributed by atoms with Crippen LogP contribution in [-0.2, 0) is 4.84 Å². The predicted molar refractivity (Wildman–Crippen MR) is 51.7 cm³/mol. The molecule has 0 fully saturated rings. The van der Waals surface area contributed by atoms with Gasteiger partial charge in [0, 0.05) is 5.56 Å². The van der Waals surface area contributed by atoms with Gasteiger partial charge in [0.15, 0.2) is 0 Å². The van der Waals surface area contributed by atoms with E-state index in [1.807, 2.05) is 18.2 Å². The number of hydrogen-bond donors (Lipinski definition) is 0. The Labute approximate surface area is 79.8 Å². The minimum atomic E-state index is -0.201. The number of rotatable bonds is 2. The number of carbonyl (C=O) groups is 1. The Balaban J connectivity index is 2.01. The largest absolute Gasteiger partial charge is 0.375 e. The fourth-order valence-electron chi connectivity index (χ4n) is 0.910. The standard InChI is InChI=1S/C9H7NO2S/c11-9(13-8-6-10-12-8)7-4-2-1-3-5-7/h1-6,8H. The zero-order valence-corrected chi connectivity index (χ0v) is 7.53. The molecule has 0 bridgehead atoms. The topological polar surface area (TPSA) is 38.7 Å². The maximum absolute atomic E-state index is 11.5. The minimum Gasteiger partial charge on any atom is -0.375 e. The van der Waals surface area contributed by atoms with Crippen LogP contribution < -0.4 is 0 Å². The van der Waals surface area contributed by atoms with E-state index in [4.69, 9.17) is 4.84 Å². The number of oxime groups is 1. The zero-order chi connectivity index (χ0) is 9.10. The van der Waals surface area contributed by atoms with Crippen LogP contribution in [0, 0.1) is 0 Å². The number of carbonyl (C=O) groups excluding carboxylic acids is 1. The Morgan fingerprint density at radius 2 is 2.08 bits per heavy atom. The third-order valence-electron chi connectivity index (χ3n) is 1.58. The highest BCUT2D eigenvalue weighted by Gasteiger charge is 2.19. The van der Waals surface area contributed by atoms with Crippen molar-refractivity contribution in [2.75, 3.05) is 0 Å². The summed E-state index contributed by atoms with van der Waals surface area (Å²) < 4.78 is 0. The third kappa shape index (κ3) is 1.89. The van der Waals surface area contributed by atoms with E-state index in [2.05, 4.69) is 5.16 Å². The Kier molecular flexibility index (Phi) is 2.31. The van der Waals surface area contributed by atoms with E-state index in [-0.39, 0.29) is 10.6 Å². The molecule has 4 heteroatoms. The van der Waals surface area contributed by atoms with Gasteiger partial charge < -0.3 is 4.84 Å². The van der Waals surface area contributed by atoms with Crippen molar-refractivity contribution < 1.29 is 9.63 Å². The van der Waals surface area contributed by atoms with Crippen LogP contribution in [0.1, 0.15) is 10.4 Å². The monoisotopic (exact) mass is 193 g/mol. The summed E-state index contributed by atoms with van der Waals surface area (Å²) in [5, 5.41) is 3.46. The van der Waals surface area contributed by atoms with Gasteiger partial charge >= 0.3 is 0 Å². The fraction of sp³-hybridized carbons (Fsp3) is 0.111. The van der Waals surface area contributed by atoms with E-state index < -0.39 is 0 Å². The van der Waals surface area contributed by atoms with E-state index >= 15 is 0 Å². The second kappa shape index (κ2) is 3.62. The van der Waals surface area contributed by atoms with Crippen LogP contribution in [0.3, 0.4) is 0 Å². The summed E-state index contributed by atoms with van der Waals surface area (Å²) in [6.07, 6.45) is 1.60. The molecule has 0 aliphatic carbocycles. The lowest BCUT2D eigenvalue weighted by molar-refractivity contribution is 0.106. The number of thioether (sulfide) groups is 1.